The highest BCUT2D eigenvalue weighted by Gasteiger charge is 2.20. The van der Waals surface area contributed by atoms with Gasteiger partial charge in [0.05, 0.1) is 0 Å². The van der Waals surface area contributed by atoms with Gasteiger partial charge in [0.25, 0.3) is 0 Å². The van der Waals surface area contributed by atoms with E-state index in [1.54, 1.807) is 0 Å². The molecule has 2 N–H and O–H groups in total. The lowest BCUT2D eigenvalue weighted by molar-refractivity contribution is 0.0687. The Morgan fingerprint density at radius 2 is 1.95 bits per heavy atom. The lowest BCUT2D eigenvalue weighted by Gasteiger charge is -2.05. The molecule has 0 saturated heterocycles. The van der Waals surface area contributed by atoms with Crippen LogP contribution in [-0.4, -0.2) is 21.8 Å². The molecule has 104 valence electrons. The Kier molecular flexibility index (Phi) is 3.85. The molecule has 6 heteroatoms. The summed E-state index contributed by atoms with van der Waals surface area (Å²) in [5.41, 5.74) is 2.91. The van der Waals surface area contributed by atoms with E-state index in [1.165, 1.54) is 12.5 Å². The summed E-state index contributed by atoms with van der Waals surface area (Å²) in [5, 5.41) is 12.5. The lowest BCUT2D eigenvalue weighted by Crippen LogP contribution is -2.03. The Bertz CT molecular complexity index is 660. The van der Waals surface area contributed by atoms with E-state index in [0.29, 0.717) is 5.13 Å². The highest BCUT2D eigenvalue weighted by Crippen LogP contribution is 2.27. The van der Waals surface area contributed by atoms with Crippen molar-refractivity contribution in [1.82, 2.24) is 4.98 Å². The topological polar surface area (TPSA) is 79.3 Å². The van der Waals surface area contributed by atoms with E-state index >= 15 is 0 Å². The molecule has 1 aromatic carbocycles. The molecule has 5 nitrogen and oxygen atoms in total. The zero-order chi connectivity index (χ0) is 14.9. The molecule has 0 saturated carbocycles. The van der Waals surface area contributed by atoms with Crippen molar-refractivity contribution in [2.24, 2.45) is 0 Å². The number of aromatic nitrogens is 1. The van der Waals surface area contributed by atoms with Gasteiger partial charge in [-0.15, -0.1) is 0 Å². The molecule has 2 rings (SSSR count). The summed E-state index contributed by atoms with van der Waals surface area (Å²) in [4.78, 5) is 26.6. The van der Waals surface area contributed by atoms with Crippen LogP contribution in [0.1, 0.15) is 38.2 Å². The quantitative estimate of drug-likeness (QED) is 0.844. The number of benzene rings is 1. The van der Waals surface area contributed by atoms with Crippen molar-refractivity contribution in [3.63, 3.8) is 0 Å². The third kappa shape index (κ3) is 2.85. The molecule has 1 aromatic heterocycles. The monoisotopic (exact) mass is 290 g/mol. The number of thiazole rings is 1. The molecular weight excluding hydrogens is 276 g/mol. The summed E-state index contributed by atoms with van der Waals surface area (Å²) in [6.07, 6.45) is 0. The Morgan fingerprint density at radius 3 is 2.45 bits per heavy atom. The summed E-state index contributed by atoms with van der Waals surface area (Å²) in [5.74, 6) is -1.49. The van der Waals surface area contributed by atoms with E-state index in [1.807, 2.05) is 32.0 Å². The standard InChI is InChI=1S/C14H14N2O3S/c1-7-4-5-10(6-8(7)2)15-14-16-11(13(18)19)12(20-14)9(3)17/h4-6H,1-3H3,(H,15,16)(H,18,19). The van der Waals surface area contributed by atoms with Gasteiger partial charge in [0.1, 0.15) is 4.88 Å². The van der Waals surface area contributed by atoms with Crippen LogP contribution < -0.4 is 5.32 Å². The van der Waals surface area contributed by atoms with Gasteiger partial charge in [-0.25, -0.2) is 9.78 Å². The highest BCUT2D eigenvalue weighted by molar-refractivity contribution is 7.17. The van der Waals surface area contributed by atoms with E-state index in [4.69, 9.17) is 5.11 Å². The van der Waals surface area contributed by atoms with Crippen LogP contribution >= 0.6 is 11.3 Å². The fraction of sp³-hybridized carbons (Fsp3) is 0.214. The summed E-state index contributed by atoms with van der Waals surface area (Å²) in [6, 6.07) is 5.80. The van der Waals surface area contributed by atoms with Crippen LogP contribution in [0.15, 0.2) is 18.2 Å². The van der Waals surface area contributed by atoms with Crippen molar-refractivity contribution in [2.75, 3.05) is 5.32 Å². The number of carboxylic acid groups (broad SMARTS) is 1. The number of anilines is 2. The number of carbonyl (C=O) groups excluding carboxylic acids is 1. The SMILES string of the molecule is CC(=O)c1sc(Nc2ccc(C)c(C)c2)nc1C(=O)O. The third-order valence-electron chi connectivity index (χ3n) is 2.91. The molecule has 20 heavy (non-hydrogen) atoms. The maximum absolute atomic E-state index is 11.4. The van der Waals surface area contributed by atoms with Crippen LogP contribution in [-0.2, 0) is 0 Å². The molecule has 0 radical (unpaired) electrons. The average molecular weight is 290 g/mol. The van der Waals surface area contributed by atoms with Gasteiger partial charge in [0.2, 0.25) is 0 Å². The molecule has 2 aromatic rings. The molecule has 0 spiro atoms. The van der Waals surface area contributed by atoms with E-state index in [-0.39, 0.29) is 16.4 Å². The molecule has 0 atom stereocenters. The van der Waals surface area contributed by atoms with Crippen molar-refractivity contribution in [2.45, 2.75) is 20.8 Å². The zero-order valence-corrected chi connectivity index (χ0v) is 12.2. The lowest BCUT2D eigenvalue weighted by atomic mass is 10.1. The number of carboxylic acids is 1. The number of nitrogens with zero attached hydrogens (tertiary/aromatic N) is 1. The number of ketones is 1. The first-order chi connectivity index (χ1) is 9.38. The smallest absolute Gasteiger partial charge is 0.356 e. The maximum atomic E-state index is 11.4. The second-order valence-corrected chi connectivity index (χ2v) is 5.48. The van der Waals surface area contributed by atoms with Gasteiger partial charge < -0.3 is 10.4 Å². The molecule has 0 amide bonds. The van der Waals surface area contributed by atoms with E-state index in [2.05, 4.69) is 10.3 Å². The molecular formula is C14H14N2O3S. The van der Waals surface area contributed by atoms with Crippen molar-refractivity contribution in [3.8, 4) is 0 Å². The molecule has 0 aliphatic carbocycles. The number of nitrogens with one attached hydrogen (secondary N) is 1. The zero-order valence-electron chi connectivity index (χ0n) is 11.4. The Hall–Kier alpha value is -2.21. The van der Waals surface area contributed by atoms with Crippen LogP contribution in [0, 0.1) is 13.8 Å². The van der Waals surface area contributed by atoms with E-state index < -0.39 is 5.97 Å². The second kappa shape index (κ2) is 5.42. The molecule has 1 heterocycles. The van der Waals surface area contributed by atoms with Crippen molar-refractivity contribution < 1.29 is 14.7 Å². The first kappa shape index (κ1) is 14.2. The first-order valence-corrected chi connectivity index (χ1v) is 6.79. The largest absolute Gasteiger partial charge is 0.476 e. The number of carbonyl (C=O) groups is 2. The molecule has 0 unspecified atom stereocenters. The van der Waals surface area contributed by atoms with Gasteiger partial charge in [-0.1, -0.05) is 17.4 Å². The van der Waals surface area contributed by atoms with Crippen molar-refractivity contribution in [1.29, 1.82) is 0 Å². The van der Waals surface area contributed by atoms with Gasteiger partial charge in [-0.2, -0.15) is 0 Å². The maximum Gasteiger partial charge on any atom is 0.356 e. The predicted molar refractivity (Wildman–Crippen MR) is 78.3 cm³/mol. The van der Waals surface area contributed by atoms with Crippen LogP contribution in [0.5, 0.6) is 0 Å². The fourth-order valence-electron chi connectivity index (χ4n) is 1.70. The molecule has 0 aliphatic rings. The van der Waals surface area contributed by atoms with Crippen LogP contribution in [0.3, 0.4) is 0 Å². The molecule has 0 fully saturated rings. The summed E-state index contributed by atoms with van der Waals surface area (Å²) in [6.45, 7) is 5.34. The van der Waals surface area contributed by atoms with E-state index in [9.17, 15) is 9.59 Å². The first-order valence-electron chi connectivity index (χ1n) is 5.98. The normalized spacial score (nSPS) is 10.3. The van der Waals surface area contributed by atoms with Crippen molar-refractivity contribution in [3.05, 3.63) is 39.9 Å². The summed E-state index contributed by atoms with van der Waals surface area (Å²) in [7, 11) is 0. The third-order valence-corrected chi connectivity index (χ3v) is 3.98. The van der Waals surface area contributed by atoms with Crippen LogP contribution in [0.4, 0.5) is 10.8 Å². The van der Waals surface area contributed by atoms with Gasteiger partial charge in [-0.3, -0.25) is 4.79 Å². The van der Waals surface area contributed by atoms with Gasteiger partial charge in [0.15, 0.2) is 16.6 Å². The van der Waals surface area contributed by atoms with Crippen molar-refractivity contribution >= 4 is 33.9 Å². The fourth-order valence-corrected chi connectivity index (χ4v) is 2.57. The summed E-state index contributed by atoms with van der Waals surface area (Å²) < 4.78 is 0. The Morgan fingerprint density at radius 1 is 1.25 bits per heavy atom. The molecule has 0 aliphatic heterocycles. The number of Topliss-reactive ketones (excluding diaryl/α,β-unsaturated/α-hetero) is 1. The predicted octanol–water partition coefficient (Wildman–Crippen LogP) is 3.40. The minimum atomic E-state index is -1.19. The second-order valence-electron chi connectivity index (χ2n) is 4.48. The summed E-state index contributed by atoms with van der Waals surface area (Å²) >= 11 is 1.05. The minimum Gasteiger partial charge on any atom is -0.476 e. The number of hydrogen-bond donors (Lipinski definition) is 2. The van der Waals surface area contributed by atoms with Gasteiger partial charge in [0, 0.05) is 12.6 Å². The average Bonchev–Trinajstić information content (AvgIpc) is 2.78. The van der Waals surface area contributed by atoms with Gasteiger partial charge in [-0.05, 0) is 37.1 Å². The Balaban J connectivity index is 2.34. The van der Waals surface area contributed by atoms with Crippen LogP contribution in [0.25, 0.3) is 0 Å². The number of hydrogen-bond acceptors (Lipinski definition) is 5. The van der Waals surface area contributed by atoms with Crippen LogP contribution in [0.2, 0.25) is 0 Å². The number of aromatic carboxylic acids is 1. The number of rotatable bonds is 4. The van der Waals surface area contributed by atoms with Gasteiger partial charge >= 0.3 is 5.97 Å². The highest BCUT2D eigenvalue weighted by atomic mass is 32.1. The number of aryl methyl sites for hydroxylation is 2. The minimum absolute atomic E-state index is 0.156. The molecule has 0 bridgehead atoms. The van der Waals surface area contributed by atoms with E-state index in [0.717, 1.165) is 22.6 Å². The Labute approximate surface area is 120 Å².